The third kappa shape index (κ3) is 1.84. The van der Waals surface area contributed by atoms with E-state index in [2.05, 4.69) is 16.0 Å². The number of halogens is 1. The topological polar surface area (TPSA) is 25.8 Å². The third-order valence-corrected chi connectivity index (χ3v) is 1.82. The van der Waals surface area contributed by atoms with Crippen LogP contribution in [0.1, 0.15) is 0 Å². The van der Waals surface area contributed by atoms with Gasteiger partial charge in [0.05, 0.1) is 5.69 Å². The molecule has 3 heteroatoms. The zero-order valence-electron chi connectivity index (χ0n) is 6.74. The molecule has 63 valence electrons. The van der Waals surface area contributed by atoms with E-state index in [1.54, 1.807) is 6.20 Å². The van der Waals surface area contributed by atoms with Gasteiger partial charge in [0.15, 0.2) is 0 Å². The molecule has 0 aliphatic rings. The Morgan fingerprint density at radius 1 is 1.15 bits per heavy atom. The fourth-order valence-electron chi connectivity index (χ4n) is 1.05. The van der Waals surface area contributed by atoms with Gasteiger partial charge in [-0.3, -0.25) is 0 Å². The first-order valence-electron chi connectivity index (χ1n) is 3.81. The molecule has 0 bridgehead atoms. The molecule has 0 fully saturated rings. The van der Waals surface area contributed by atoms with Crippen LogP contribution in [0.25, 0.3) is 11.3 Å². The number of rotatable bonds is 1. The average Bonchev–Trinajstić information content (AvgIpc) is 2.19. The number of nitrogens with zero attached hydrogens (tertiary/aromatic N) is 2. The van der Waals surface area contributed by atoms with Crippen molar-refractivity contribution in [1.29, 1.82) is 0 Å². The minimum atomic E-state index is 0.269. The maximum atomic E-state index is 5.66. The van der Waals surface area contributed by atoms with E-state index in [0.29, 0.717) is 0 Å². The van der Waals surface area contributed by atoms with Gasteiger partial charge in [-0.1, -0.05) is 24.3 Å². The molecule has 0 saturated carbocycles. The third-order valence-electron chi connectivity index (χ3n) is 1.64. The van der Waals surface area contributed by atoms with E-state index in [0.717, 1.165) is 11.3 Å². The van der Waals surface area contributed by atoms with Gasteiger partial charge in [0.25, 0.3) is 0 Å². The summed E-state index contributed by atoms with van der Waals surface area (Å²) in [6.45, 7) is 0. The summed E-state index contributed by atoms with van der Waals surface area (Å²) in [6.07, 6.45) is 1.64. The van der Waals surface area contributed by atoms with Crippen LogP contribution >= 0.6 is 11.6 Å². The zero-order chi connectivity index (χ0) is 9.10. The Morgan fingerprint density at radius 2 is 1.92 bits per heavy atom. The van der Waals surface area contributed by atoms with Crippen molar-refractivity contribution in [3.8, 4) is 11.3 Å². The number of aromatic nitrogens is 2. The molecule has 0 unspecified atom stereocenters. The molecule has 13 heavy (non-hydrogen) atoms. The Balaban J connectivity index is 2.48. The van der Waals surface area contributed by atoms with E-state index in [9.17, 15) is 0 Å². The Bertz CT molecular complexity index is 401. The quantitative estimate of drug-likeness (QED) is 0.645. The molecule has 1 aromatic carbocycles. The molecule has 0 aliphatic heterocycles. The van der Waals surface area contributed by atoms with Crippen LogP contribution in [0.2, 0.25) is 5.28 Å². The molecule has 2 aromatic rings. The Kier molecular flexibility index (Phi) is 2.23. The number of hydrogen-bond acceptors (Lipinski definition) is 2. The van der Waals surface area contributed by atoms with Crippen LogP contribution in [0, 0.1) is 6.07 Å². The average molecular weight is 190 g/mol. The maximum absolute atomic E-state index is 5.66. The van der Waals surface area contributed by atoms with Crippen molar-refractivity contribution in [1.82, 2.24) is 9.97 Å². The Morgan fingerprint density at radius 3 is 2.62 bits per heavy atom. The van der Waals surface area contributed by atoms with Crippen molar-refractivity contribution in [2.75, 3.05) is 0 Å². The first kappa shape index (κ1) is 8.20. The van der Waals surface area contributed by atoms with Gasteiger partial charge in [0.2, 0.25) is 5.28 Å². The van der Waals surface area contributed by atoms with E-state index in [1.165, 1.54) is 0 Å². The van der Waals surface area contributed by atoms with E-state index in [1.807, 2.05) is 30.3 Å². The molecule has 1 aromatic heterocycles. The van der Waals surface area contributed by atoms with Crippen molar-refractivity contribution in [3.63, 3.8) is 0 Å². The standard InChI is InChI=1S/C10H6ClN2/c11-10-12-7-6-9(13-10)8-4-2-1-3-5-8/h2-7H. The van der Waals surface area contributed by atoms with Crippen LogP contribution in [-0.4, -0.2) is 9.97 Å². The molecular weight excluding hydrogens is 184 g/mol. The second-order valence-electron chi connectivity index (χ2n) is 2.50. The van der Waals surface area contributed by atoms with Crippen LogP contribution in [-0.2, 0) is 0 Å². The summed E-state index contributed by atoms with van der Waals surface area (Å²) in [5.41, 5.74) is 1.84. The van der Waals surface area contributed by atoms with Crippen LogP contribution < -0.4 is 0 Å². The molecule has 1 radical (unpaired) electrons. The fraction of sp³-hybridized carbons (Fsp3) is 0. The fourth-order valence-corrected chi connectivity index (χ4v) is 1.20. The highest BCUT2D eigenvalue weighted by Gasteiger charge is 1.98. The van der Waals surface area contributed by atoms with Gasteiger partial charge in [0.1, 0.15) is 0 Å². The van der Waals surface area contributed by atoms with Gasteiger partial charge in [-0.2, -0.15) is 0 Å². The molecule has 0 amide bonds. The van der Waals surface area contributed by atoms with Crippen LogP contribution in [0.4, 0.5) is 0 Å². The predicted octanol–water partition coefficient (Wildman–Crippen LogP) is 2.60. The molecule has 1 heterocycles. The smallest absolute Gasteiger partial charge is 0.222 e. The first-order chi connectivity index (χ1) is 6.36. The Hall–Kier alpha value is -1.41. The number of hydrogen-bond donors (Lipinski definition) is 0. The van der Waals surface area contributed by atoms with Crippen molar-refractivity contribution in [2.45, 2.75) is 0 Å². The zero-order valence-corrected chi connectivity index (χ0v) is 7.49. The van der Waals surface area contributed by atoms with Crippen molar-refractivity contribution in [2.24, 2.45) is 0 Å². The monoisotopic (exact) mass is 189 g/mol. The minimum Gasteiger partial charge on any atom is -0.226 e. The van der Waals surface area contributed by atoms with Crippen molar-refractivity contribution < 1.29 is 0 Å². The summed E-state index contributed by atoms with van der Waals surface area (Å²) in [7, 11) is 0. The van der Waals surface area contributed by atoms with E-state index < -0.39 is 0 Å². The van der Waals surface area contributed by atoms with E-state index >= 15 is 0 Å². The first-order valence-corrected chi connectivity index (χ1v) is 4.19. The summed E-state index contributed by atoms with van der Waals surface area (Å²) in [6, 6.07) is 12.3. The van der Waals surface area contributed by atoms with Crippen LogP contribution in [0.15, 0.2) is 36.5 Å². The molecule has 0 N–H and O–H groups in total. The molecule has 0 saturated heterocycles. The largest absolute Gasteiger partial charge is 0.226 e. The van der Waals surface area contributed by atoms with Gasteiger partial charge in [-0.15, -0.1) is 0 Å². The Labute approximate surface area is 81.2 Å². The van der Waals surface area contributed by atoms with Gasteiger partial charge >= 0.3 is 0 Å². The lowest BCUT2D eigenvalue weighted by atomic mass is 10.1. The minimum absolute atomic E-state index is 0.269. The van der Waals surface area contributed by atoms with Gasteiger partial charge < -0.3 is 0 Å². The van der Waals surface area contributed by atoms with E-state index in [4.69, 9.17) is 11.6 Å². The van der Waals surface area contributed by atoms with Gasteiger partial charge in [-0.25, -0.2) is 9.97 Å². The lowest BCUT2D eigenvalue weighted by Gasteiger charge is -1.98. The second-order valence-corrected chi connectivity index (χ2v) is 2.84. The molecule has 0 spiro atoms. The van der Waals surface area contributed by atoms with Gasteiger partial charge in [0, 0.05) is 11.8 Å². The number of benzene rings is 1. The van der Waals surface area contributed by atoms with Crippen LogP contribution in [0.5, 0.6) is 0 Å². The van der Waals surface area contributed by atoms with Gasteiger partial charge in [-0.05, 0) is 23.7 Å². The van der Waals surface area contributed by atoms with Crippen molar-refractivity contribution in [3.05, 3.63) is 47.9 Å². The molecule has 2 rings (SSSR count). The van der Waals surface area contributed by atoms with E-state index in [-0.39, 0.29) is 5.28 Å². The highest BCUT2D eigenvalue weighted by Crippen LogP contribution is 2.16. The highest BCUT2D eigenvalue weighted by atomic mass is 35.5. The molecular formula is C10H6ClN2. The van der Waals surface area contributed by atoms with Crippen molar-refractivity contribution >= 4 is 11.6 Å². The summed E-state index contributed by atoms with van der Waals surface area (Å²) >= 11 is 5.66. The normalized spacial score (nSPS) is 9.92. The second kappa shape index (κ2) is 3.54. The molecule has 0 aliphatic carbocycles. The summed E-state index contributed by atoms with van der Waals surface area (Å²) in [5.74, 6) is 0. The molecule has 0 atom stereocenters. The SMILES string of the molecule is Clc1nccc(-c2cc[c]cc2)n1. The summed E-state index contributed by atoms with van der Waals surface area (Å²) in [5, 5.41) is 0.269. The predicted molar refractivity (Wildman–Crippen MR) is 51.3 cm³/mol. The molecule has 2 nitrogen and oxygen atoms in total. The summed E-state index contributed by atoms with van der Waals surface area (Å²) in [4.78, 5) is 7.90. The lowest BCUT2D eigenvalue weighted by Crippen LogP contribution is -1.85. The lowest BCUT2D eigenvalue weighted by molar-refractivity contribution is 1.17. The van der Waals surface area contributed by atoms with Crippen LogP contribution in [0.3, 0.4) is 0 Å². The maximum Gasteiger partial charge on any atom is 0.222 e. The summed E-state index contributed by atoms with van der Waals surface area (Å²) < 4.78 is 0. The highest BCUT2D eigenvalue weighted by molar-refractivity contribution is 6.28.